The van der Waals surface area contributed by atoms with E-state index in [4.69, 9.17) is 4.74 Å². The normalized spacial score (nSPS) is 11.3. The van der Waals surface area contributed by atoms with E-state index in [0.29, 0.717) is 19.8 Å². The third-order valence-electron chi connectivity index (χ3n) is 1.87. The highest BCUT2D eigenvalue weighted by molar-refractivity contribution is 5.46. The molecule has 0 saturated heterocycles. The molecule has 0 spiro atoms. The molecule has 1 N–H and O–H groups in total. The molecule has 0 bridgehead atoms. The van der Waals surface area contributed by atoms with Crippen LogP contribution in [0.15, 0.2) is 24.3 Å². The van der Waals surface area contributed by atoms with Crippen LogP contribution in [-0.4, -0.2) is 26.1 Å². The molecule has 0 aromatic heterocycles. The van der Waals surface area contributed by atoms with Crippen molar-refractivity contribution >= 4 is 5.69 Å². The Balaban J connectivity index is 2.39. The summed E-state index contributed by atoms with van der Waals surface area (Å²) in [5.41, 5.74) is 0.722. The SMILES string of the molecule is CCOCCNc1ccc(OC(F)(F)F)cc1. The maximum atomic E-state index is 11.9. The van der Waals surface area contributed by atoms with Crippen molar-refractivity contribution in [1.29, 1.82) is 0 Å². The van der Waals surface area contributed by atoms with E-state index >= 15 is 0 Å². The van der Waals surface area contributed by atoms with Gasteiger partial charge in [-0.25, -0.2) is 0 Å². The summed E-state index contributed by atoms with van der Waals surface area (Å²) in [6, 6.07) is 5.56. The molecule has 0 amide bonds. The van der Waals surface area contributed by atoms with E-state index in [1.165, 1.54) is 24.3 Å². The number of nitrogens with one attached hydrogen (secondary N) is 1. The molecular formula is C11H14F3NO2. The van der Waals surface area contributed by atoms with Gasteiger partial charge in [0.05, 0.1) is 6.61 Å². The van der Waals surface area contributed by atoms with Gasteiger partial charge in [-0.1, -0.05) is 0 Å². The Morgan fingerprint density at radius 1 is 1.18 bits per heavy atom. The van der Waals surface area contributed by atoms with E-state index in [2.05, 4.69) is 10.1 Å². The molecule has 0 unspecified atom stereocenters. The lowest BCUT2D eigenvalue weighted by molar-refractivity contribution is -0.274. The van der Waals surface area contributed by atoms with Crippen molar-refractivity contribution in [2.75, 3.05) is 25.1 Å². The molecule has 0 radical (unpaired) electrons. The Hall–Kier alpha value is -1.43. The van der Waals surface area contributed by atoms with Crippen LogP contribution in [0.1, 0.15) is 6.92 Å². The Morgan fingerprint density at radius 2 is 1.82 bits per heavy atom. The van der Waals surface area contributed by atoms with Crippen molar-refractivity contribution in [3.8, 4) is 5.75 Å². The van der Waals surface area contributed by atoms with Crippen molar-refractivity contribution in [3.05, 3.63) is 24.3 Å². The van der Waals surface area contributed by atoms with Crippen LogP contribution in [0, 0.1) is 0 Å². The molecule has 17 heavy (non-hydrogen) atoms. The van der Waals surface area contributed by atoms with Gasteiger partial charge in [-0.2, -0.15) is 0 Å². The number of ether oxygens (including phenoxy) is 2. The van der Waals surface area contributed by atoms with Gasteiger partial charge in [0.25, 0.3) is 0 Å². The minimum absolute atomic E-state index is 0.229. The Kier molecular flexibility index (Phi) is 5.09. The highest BCUT2D eigenvalue weighted by Gasteiger charge is 2.30. The molecule has 0 aliphatic carbocycles. The lowest BCUT2D eigenvalue weighted by Gasteiger charge is -2.10. The second-order valence-corrected chi connectivity index (χ2v) is 3.20. The van der Waals surface area contributed by atoms with Crippen LogP contribution < -0.4 is 10.1 Å². The smallest absolute Gasteiger partial charge is 0.406 e. The van der Waals surface area contributed by atoms with Crippen LogP contribution in [0.2, 0.25) is 0 Å². The lowest BCUT2D eigenvalue weighted by atomic mass is 10.3. The average molecular weight is 249 g/mol. The highest BCUT2D eigenvalue weighted by Crippen LogP contribution is 2.23. The minimum atomic E-state index is -4.65. The Morgan fingerprint density at radius 3 is 2.35 bits per heavy atom. The molecule has 1 aromatic rings. The maximum Gasteiger partial charge on any atom is 0.573 e. The van der Waals surface area contributed by atoms with Crippen molar-refractivity contribution in [2.24, 2.45) is 0 Å². The van der Waals surface area contributed by atoms with E-state index in [0.717, 1.165) is 5.69 Å². The average Bonchev–Trinajstić information content (AvgIpc) is 2.25. The maximum absolute atomic E-state index is 11.9. The lowest BCUT2D eigenvalue weighted by Crippen LogP contribution is -2.17. The third kappa shape index (κ3) is 6.01. The standard InChI is InChI=1S/C11H14F3NO2/c1-2-16-8-7-15-9-3-5-10(6-4-9)17-11(12,13)14/h3-6,15H,2,7-8H2,1H3. The van der Waals surface area contributed by atoms with Gasteiger partial charge in [0, 0.05) is 18.8 Å². The summed E-state index contributed by atoms with van der Waals surface area (Å²) >= 11 is 0. The first kappa shape index (κ1) is 13.6. The molecule has 6 heteroatoms. The second kappa shape index (κ2) is 6.34. The summed E-state index contributed by atoms with van der Waals surface area (Å²) < 4.78 is 44.5. The van der Waals surface area contributed by atoms with E-state index in [-0.39, 0.29) is 5.75 Å². The minimum Gasteiger partial charge on any atom is -0.406 e. The number of anilines is 1. The molecule has 96 valence electrons. The van der Waals surface area contributed by atoms with Gasteiger partial charge >= 0.3 is 6.36 Å². The molecule has 0 heterocycles. The van der Waals surface area contributed by atoms with E-state index in [9.17, 15) is 13.2 Å². The van der Waals surface area contributed by atoms with Gasteiger partial charge < -0.3 is 14.8 Å². The quantitative estimate of drug-likeness (QED) is 0.786. The third-order valence-corrected chi connectivity index (χ3v) is 1.87. The van der Waals surface area contributed by atoms with Gasteiger partial charge in [-0.15, -0.1) is 13.2 Å². The number of rotatable bonds is 6. The molecule has 3 nitrogen and oxygen atoms in total. The van der Waals surface area contributed by atoms with Gasteiger partial charge in [0.1, 0.15) is 5.75 Å². The zero-order chi connectivity index (χ0) is 12.7. The van der Waals surface area contributed by atoms with Crippen molar-refractivity contribution in [3.63, 3.8) is 0 Å². The molecule has 1 rings (SSSR count). The van der Waals surface area contributed by atoms with Crippen molar-refractivity contribution in [2.45, 2.75) is 13.3 Å². The molecule has 1 aromatic carbocycles. The van der Waals surface area contributed by atoms with Crippen LogP contribution in [0.3, 0.4) is 0 Å². The fourth-order valence-corrected chi connectivity index (χ4v) is 1.19. The van der Waals surface area contributed by atoms with Gasteiger partial charge in [0.2, 0.25) is 0 Å². The van der Waals surface area contributed by atoms with Crippen LogP contribution in [0.5, 0.6) is 5.75 Å². The van der Waals surface area contributed by atoms with Crippen LogP contribution in [-0.2, 0) is 4.74 Å². The highest BCUT2D eigenvalue weighted by atomic mass is 19.4. The predicted molar refractivity (Wildman–Crippen MR) is 58.1 cm³/mol. The van der Waals surface area contributed by atoms with Crippen molar-refractivity contribution in [1.82, 2.24) is 0 Å². The van der Waals surface area contributed by atoms with Crippen LogP contribution in [0.25, 0.3) is 0 Å². The van der Waals surface area contributed by atoms with E-state index in [1.807, 2.05) is 6.92 Å². The molecule has 0 aliphatic heterocycles. The number of alkyl halides is 3. The summed E-state index contributed by atoms with van der Waals surface area (Å²) in [5.74, 6) is -0.229. The van der Waals surface area contributed by atoms with Gasteiger partial charge in [-0.05, 0) is 31.2 Å². The fourth-order valence-electron chi connectivity index (χ4n) is 1.19. The molecule has 0 saturated carbocycles. The Bertz CT molecular complexity index is 324. The molecule has 0 fully saturated rings. The number of hydrogen-bond donors (Lipinski definition) is 1. The number of benzene rings is 1. The molecule has 0 atom stereocenters. The summed E-state index contributed by atoms with van der Waals surface area (Å²) in [7, 11) is 0. The van der Waals surface area contributed by atoms with E-state index in [1.54, 1.807) is 0 Å². The van der Waals surface area contributed by atoms with Crippen LogP contribution in [0.4, 0.5) is 18.9 Å². The molecule has 0 aliphatic rings. The zero-order valence-electron chi connectivity index (χ0n) is 9.38. The summed E-state index contributed by atoms with van der Waals surface area (Å²) in [4.78, 5) is 0. The first-order chi connectivity index (χ1) is 8.01. The zero-order valence-corrected chi connectivity index (χ0v) is 9.38. The number of halogens is 3. The number of hydrogen-bond acceptors (Lipinski definition) is 3. The Labute approximate surface area is 97.5 Å². The summed E-state index contributed by atoms with van der Waals surface area (Å²) in [6.07, 6.45) is -4.65. The summed E-state index contributed by atoms with van der Waals surface area (Å²) in [6.45, 7) is 3.69. The fraction of sp³-hybridized carbons (Fsp3) is 0.455. The van der Waals surface area contributed by atoms with Crippen LogP contribution >= 0.6 is 0 Å². The van der Waals surface area contributed by atoms with Gasteiger partial charge in [0.15, 0.2) is 0 Å². The van der Waals surface area contributed by atoms with E-state index < -0.39 is 6.36 Å². The topological polar surface area (TPSA) is 30.5 Å². The first-order valence-electron chi connectivity index (χ1n) is 5.18. The summed E-state index contributed by atoms with van der Waals surface area (Å²) in [5, 5.41) is 3.01. The molecular weight excluding hydrogens is 235 g/mol. The predicted octanol–water partition coefficient (Wildman–Crippen LogP) is 3.03. The second-order valence-electron chi connectivity index (χ2n) is 3.20. The largest absolute Gasteiger partial charge is 0.573 e. The van der Waals surface area contributed by atoms with Crippen molar-refractivity contribution < 1.29 is 22.6 Å². The monoisotopic (exact) mass is 249 g/mol. The first-order valence-corrected chi connectivity index (χ1v) is 5.18. The van der Waals surface area contributed by atoms with Gasteiger partial charge in [-0.3, -0.25) is 0 Å².